The molecule has 0 N–H and O–H groups in total. The van der Waals surface area contributed by atoms with Crippen LogP contribution < -0.4 is 0 Å². The van der Waals surface area contributed by atoms with Crippen molar-refractivity contribution >= 4 is 11.5 Å². The van der Waals surface area contributed by atoms with Gasteiger partial charge in [0.05, 0.1) is 4.92 Å². The monoisotopic (exact) mass is 259 g/mol. The summed E-state index contributed by atoms with van der Waals surface area (Å²) in [6.07, 6.45) is 3.91. The van der Waals surface area contributed by atoms with Gasteiger partial charge in [0.15, 0.2) is 5.82 Å². The van der Waals surface area contributed by atoms with E-state index < -0.39 is 4.92 Å². The van der Waals surface area contributed by atoms with Crippen LogP contribution >= 0.6 is 0 Å². The molecule has 0 unspecified atom stereocenters. The first kappa shape index (κ1) is 11.3. The average Bonchev–Trinajstić information content (AvgIpc) is 2.99. The smallest absolute Gasteiger partial charge is 0.258 e. The first-order chi connectivity index (χ1) is 9.08. The molecule has 0 fully saturated rings. The highest BCUT2D eigenvalue weighted by atomic mass is 16.6. The summed E-state index contributed by atoms with van der Waals surface area (Å²) in [6, 6.07) is 0. The van der Waals surface area contributed by atoms with E-state index in [0.29, 0.717) is 11.6 Å². The molecule has 0 aliphatic carbocycles. The van der Waals surface area contributed by atoms with E-state index in [1.54, 1.807) is 0 Å². The Morgan fingerprint density at radius 1 is 1.32 bits per heavy atom. The lowest BCUT2D eigenvalue weighted by Gasteiger charge is -2.09. The molecule has 96 valence electrons. The third-order valence-corrected chi connectivity index (χ3v) is 2.87. The summed E-state index contributed by atoms with van der Waals surface area (Å²) >= 11 is 0. The molecule has 0 aromatic carbocycles. The topological polar surface area (TPSA) is 104 Å². The second-order valence-corrected chi connectivity index (χ2v) is 4.02. The molecular formula is C10H9N7O2. The normalized spacial score (nSPS) is 11.1. The van der Waals surface area contributed by atoms with Crippen molar-refractivity contribution in [1.82, 2.24) is 29.4 Å². The third kappa shape index (κ3) is 1.63. The molecule has 9 nitrogen and oxygen atoms in total. The van der Waals surface area contributed by atoms with Crippen LogP contribution in [0.15, 0.2) is 18.7 Å². The van der Waals surface area contributed by atoms with Crippen LogP contribution in [0.3, 0.4) is 0 Å². The fourth-order valence-corrected chi connectivity index (χ4v) is 1.81. The predicted molar refractivity (Wildman–Crippen MR) is 64.0 cm³/mol. The Morgan fingerprint density at radius 3 is 2.79 bits per heavy atom. The second kappa shape index (κ2) is 3.83. The van der Waals surface area contributed by atoms with Gasteiger partial charge in [0.2, 0.25) is 0 Å². The van der Waals surface area contributed by atoms with Gasteiger partial charge in [-0.05, 0) is 13.8 Å². The number of hydrogen-bond donors (Lipinski definition) is 0. The fraction of sp³-hybridized carbons (Fsp3) is 0.200. The summed E-state index contributed by atoms with van der Waals surface area (Å²) in [5.41, 5.74) is 1.52. The summed E-state index contributed by atoms with van der Waals surface area (Å²) < 4.78 is 2.91. The van der Waals surface area contributed by atoms with E-state index in [1.807, 2.05) is 13.8 Å². The molecule has 3 aromatic rings. The van der Waals surface area contributed by atoms with Crippen molar-refractivity contribution in [3.8, 4) is 5.82 Å². The van der Waals surface area contributed by atoms with E-state index in [1.165, 1.54) is 27.9 Å². The first-order valence-corrected chi connectivity index (χ1v) is 5.44. The zero-order valence-electron chi connectivity index (χ0n) is 10.2. The highest BCUT2D eigenvalue weighted by molar-refractivity contribution is 5.44. The summed E-state index contributed by atoms with van der Waals surface area (Å²) in [7, 11) is 0. The van der Waals surface area contributed by atoms with Gasteiger partial charge in [0, 0.05) is 11.3 Å². The molecule has 0 radical (unpaired) electrons. The van der Waals surface area contributed by atoms with E-state index in [0.717, 1.165) is 11.3 Å². The lowest BCUT2D eigenvalue weighted by Crippen LogP contribution is -2.09. The Hall–Kier alpha value is -2.84. The minimum Gasteiger partial charge on any atom is -0.258 e. The Morgan fingerprint density at radius 2 is 2.11 bits per heavy atom. The van der Waals surface area contributed by atoms with Crippen molar-refractivity contribution in [2.24, 2.45) is 0 Å². The lowest BCUT2D eigenvalue weighted by atomic mass is 10.2. The van der Waals surface area contributed by atoms with E-state index in [4.69, 9.17) is 0 Å². The minimum absolute atomic E-state index is 0.0814. The first-order valence-electron chi connectivity index (χ1n) is 5.44. The van der Waals surface area contributed by atoms with Crippen LogP contribution in [0.25, 0.3) is 11.6 Å². The van der Waals surface area contributed by atoms with Gasteiger partial charge in [-0.3, -0.25) is 10.1 Å². The molecule has 9 heteroatoms. The number of fused-ring (bicyclic) bond motifs is 1. The molecule has 0 aliphatic heterocycles. The zero-order valence-corrected chi connectivity index (χ0v) is 10.2. The molecule has 0 amide bonds. The van der Waals surface area contributed by atoms with Gasteiger partial charge in [0.1, 0.15) is 18.7 Å². The van der Waals surface area contributed by atoms with Crippen LogP contribution in [0.1, 0.15) is 11.3 Å². The predicted octanol–water partition coefficient (Wildman–Crippen LogP) is 0.835. The maximum Gasteiger partial charge on any atom is 0.307 e. The van der Waals surface area contributed by atoms with Gasteiger partial charge < -0.3 is 0 Å². The Labute approximate surface area is 106 Å². The Kier molecular flexibility index (Phi) is 2.27. The SMILES string of the molecule is Cc1nc2ncnn2c(-n2cc([N+](=O)[O-])cn2)c1C. The summed E-state index contributed by atoms with van der Waals surface area (Å²) in [5.74, 6) is 1.02. The van der Waals surface area contributed by atoms with E-state index in [2.05, 4.69) is 20.2 Å². The quantitative estimate of drug-likeness (QED) is 0.498. The van der Waals surface area contributed by atoms with Gasteiger partial charge in [0.25, 0.3) is 5.78 Å². The number of aryl methyl sites for hydroxylation is 1. The number of hydrogen-bond acceptors (Lipinski definition) is 6. The Balaban J connectivity index is 2.30. The van der Waals surface area contributed by atoms with Gasteiger partial charge in [-0.2, -0.15) is 19.7 Å². The number of nitro groups is 1. The van der Waals surface area contributed by atoms with Gasteiger partial charge in [-0.25, -0.2) is 9.67 Å². The molecule has 3 heterocycles. The minimum atomic E-state index is -0.495. The average molecular weight is 259 g/mol. The molecule has 0 saturated heterocycles. The van der Waals surface area contributed by atoms with Crippen molar-refractivity contribution < 1.29 is 4.92 Å². The maximum atomic E-state index is 10.7. The molecule has 3 rings (SSSR count). The molecule has 0 atom stereocenters. The second-order valence-electron chi connectivity index (χ2n) is 4.02. The van der Waals surface area contributed by atoms with Crippen molar-refractivity contribution in [1.29, 1.82) is 0 Å². The zero-order chi connectivity index (χ0) is 13.6. The van der Waals surface area contributed by atoms with Crippen LogP contribution in [0.4, 0.5) is 5.69 Å². The molecule has 3 aromatic heterocycles. The van der Waals surface area contributed by atoms with Crippen molar-refractivity contribution in [3.05, 3.63) is 40.1 Å². The van der Waals surface area contributed by atoms with Gasteiger partial charge >= 0.3 is 5.69 Å². The van der Waals surface area contributed by atoms with Gasteiger partial charge in [-0.15, -0.1) is 0 Å². The van der Waals surface area contributed by atoms with Crippen LogP contribution in [0, 0.1) is 24.0 Å². The van der Waals surface area contributed by atoms with Crippen molar-refractivity contribution in [2.45, 2.75) is 13.8 Å². The standard InChI is InChI=1S/C10H9N7O2/c1-6-7(2)14-10-11-5-13-16(10)9(6)15-4-8(3-12-15)17(18)19/h3-5H,1-2H3. The van der Waals surface area contributed by atoms with Crippen molar-refractivity contribution in [2.75, 3.05) is 0 Å². The van der Waals surface area contributed by atoms with E-state index in [-0.39, 0.29) is 5.69 Å². The van der Waals surface area contributed by atoms with Crippen LogP contribution in [-0.4, -0.2) is 34.3 Å². The van der Waals surface area contributed by atoms with Crippen LogP contribution in [0.2, 0.25) is 0 Å². The third-order valence-electron chi connectivity index (χ3n) is 2.87. The summed E-state index contributed by atoms with van der Waals surface area (Å²) in [5, 5.41) is 18.8. The Bertz CT molecular complexity index is 788. The molecule has 0 bridgehead atoms. The van der Waals surface area contributed by atoms with Crippen LogP contribution in [0.5, 0.6) is 0 Å². The number of rotatable bonds is 2. The highest BCUT2D eigenvalue weighted by Gasteiger charge is 2.16. The molecule has 0 saturated carbocycles. The lowest BCUT2D eigenvalue weighted by molar-refractivity contribution is -0.384. The maximum absolute atomic E-state index is 10.7. The van der Waals surface area contributed by atoms with Crippen molar-refractivity contribution in [3.63, 3.8) is 0 Å². The number of aromatic nitrogens is 6. The van der Waals surface area contributed by atoms with Crippen LogP contribution in [-0.2, 0) is 0 Å². The highest BCUT2D eigenvalue weighted by Crippen LogP contribution is 2.18. The molecule has 0 aliphatic rings. The number of nitrogens with zero attached hydrogens (tertiary/aromatic N) is 7. The molecular weight excluding hydrogens is 250 g/mol. The fourth-order valence-electron chi connectivity index (χ4n) is 1.81. The van der Waals surface area contributed by atoms with Gasteiger partial charge in [-0.1, -0.05) is 0 Å². The largest absolute Gasteiger partial charge is 0.307 e. The van der Waals surface area contributed by atoms with E-state index >= 15 is 0 Å². The molecule has 19 heavy (non-hydrogen) atoms. The van der Waals surface area contributed by atoms with E-state index in [9.17, 15) is 10.1 Å². The molecule has 0 spiro atoms. The summed E-state index contributed by atoms with van der Waals surface area (Å²) in [6.45, 7) is 3.69. The summed E-state index contributed by atoms with van der Waals surface area (Å²) in [4.78, 5) is 18.5.